The number of nitrogen functional groups attached to an aromatic ring is 1. The van der Waals surface area contributed by atoms with Crippen LogP contribution in [0.4, 0.5) is 10.1 Å². The summed E-state index contributed by atoms with van der Waals surface area (Å²) in [7, 11) is -4.03. The molecule has 0 aliphatic carbocycles. The molecule has 0 amide bonds. The quantitative estimate of drug-likeness (QED) is 0.783. The molecule has 0 bridgehead atoms. The average molecular weight is 394 g/mol. The van der Waals surface area contributed by atoms with Gasteiger partial charge in [-0.2, -0.15) is 0 Å². The lowest BCUT2D eigenvalue weighted by Gasteiger charge is -2.10. The largest absolute Gasteiger partial charge is 0.398 e. The molecule has 0 heterocycles. The van der Waals surface area contributed by atoms with Gasteiger partial charge in [0.25, 0.3) is 0 Å². The summed E-state index contributed by atoms with van der Waals surface area (Å²) >= 11 is 8.98. The van der Waals surface area contributed by atoms with Gasteiger partial charge in [-0.3, -0.25) is 0 Å². The van der Waals surface area contributed by atoms with Crippen molar-refractivity contribution < 1.29 is 12.8 Å². The SMILES string of the molecule is Nc1cc(S(=O)(=O)NCc2ccccc2Cl)c(F)cc1Br. The molecule has 0 atom stereocenters. The smallest absolute Gasteiger partial charge is 0.243 e. The summed E-state index contributed by atoms with van der Waals surface area (Å²) in [5.41, 5.74) is 6.32. The van der Waals surface area contributed by atoms with Crippen LogP contribution in [0.25, 0.3) is 0 Å². The van der Waals surface area contributed by atoms with E-state index in [0.717, 1.165) is 12.1 Å². The molecule has 0 saturated carbocycles. The number of halogens is 3. The van der Waals surface area contributed by atoms with Gasteiger partial charge in [-0.05, 0) is 39.7 Å². The summed E-state index contributed by atoms with van der Waals surface area (Å²) in [5.74, 6) is -0.886. The highest BCUT2D eigenvalue weighted by molar-refractivity contribution is 9.10. The fourth-order valence-corrected chi connectivity index (χ4v) is 3.26. The van der Waals surface area contributed by atoms with Crippen molar-refractivity contribution in [1.29, 1.82) is 0 Å². The lowest BCUT2D eigenvalue weighted by Crippen LogP contribution is -2.24. The molecule has 2 aromatic carbocycles. The first kappa shape index (κ1) is 16.2. The topological polar surface area (TPSA) is 72.2 Å². The van der Waals surface area contributed by atoms with E-state index in [1.54, 1.807) is 24.3 Å². The Labute approximate surface area is 135 Å². The number of benzene rings is 2. The van der Waals surface area contributed by atoms with Crippen molar-refractivity contribution in [1.82, 2.24) is 4.72 Å². The second-order valence-corrected chi connectivity index (χ2v) is 7.22. The standard InChI is InChI=1S/C13H11BrClFN2O2S/c14-9-5-11(16)13(6-12(9)17)21(19,20)18-7-8-3-1-2-4-10(8)15/h1-6,18H,7,17H2. The van der Waals surface area contributed by atoms with E-state index in [2.05, 4.69) is 20.7 Å². The monoisotopic (exact) mass is 392 g/mol. The first-order valence-corrected chi connectivity index (χ1v) is 8.44. The zero-order valence-electron chi connectivity index (χ0n) is 10.6. The number of rotatable bonds is 4. The van der Waals surface area contributed by atoms with Crippen LogP contribution in [0.15, 0.2) is 45.8 Å². The first-order valence-electron chi connectivity index (χ1n) is 5.79. The van der Waals surface area contributed by atoms with E-state index in [1.165, 1.54) is 0 Å². The average Bonchev–Trinajstić information content (AvgIpc) is 2.42. The van der Waals surface area contributed by atoms with Crippen LogP contribution in [-0.4, -0.2) is 8.42 Å². The maximum absolute atomic E-state index is 13.8. The normalized spacial score (nSPS) is 11.6. The molecule has 4 nitrogen and oxygen atoms in total. The van der Waals surface area contributed by atoms with Crippen molar-refractivity contribution in [2.24, 2.45) is 0 Å². The van der Waals surface area contributed by atoms with Gasteiger partial charge in [-0.25, -0.2) is 17.5 Å². The van der Waals surface area contributed by atoms with Gasteiger partial charge in [0.15, 0.2) is 0 Å². The van der Waals surface area contributed by atoms with E-state index in [0.29, 0.717) is 15.1 Å². The minimum Gasteiger partial charge on any atom is -0.398 e. The van der Waals surface area contributed by atoms with Crippen LogP contribution in [-0.2, 0) is 16.6 Å². The third-order valence-electron chi connectivity index (χ3n) is 2.75. The van der Waals surface area contributed by atoms with Crippen molar-refractivity contribution in [2.45, 2.75) is 11.4 Å². The van der Waals surface area contributed by atoms with Gasteiger partial charge in [0.05, 0.1) is 0 Å². The van der Waals surface area contributed by atoms with E-state index in [1.807, 2.05) is 0 Å². The van der Waals surface area contributed by atoms with E-state index in [4.69, 9.17) is 17.3 Å². The van der Waals surface area contributed by atoms with E-state index >= 15 is 0 Å². The maximum Gasteiger partial charge on any atom is 0.243 e. The Morgan fingerprint density at radius 2 is 1.95 bits per heavy atom. The zero-order valence-corrected chi connectivity index (χ0v) is 13.8. The Morgan fingerprint density at radius 3 is 2.62 bits per heavy atom. The molecule has 3 N–H and O–H groups in total. The molecule has 112 valence electrons. The molecule has 21 heavy (non-hydrogen) atoms. The summed E-state index contributed by atoms with van der Waals surface area (Å²) in [5, 5.41) is 0.427. The summed E-state index contributed by atoms with van der Waals surface area (Å²) < 4.78 is 40.7. The molecule has 2 rings (SSSR count). The molecule has 0 saturated heterocycles. The van der Waals surface area contributed by atoms with Crippen molar-refractivity contribution in [2.75, 3.05) is 5.73 Å². The van der Waals surface area contributed by atoms with Gasteiger partial charge in [0, 0.05) is 21.7 Å². The molecule has 0 radical (unpaired) electrons. The highest BCUT2D eigenvalue weighted by Crippen LogP contribution is 2.26. The van der Waals surface area contributed by atoms with Crippen molar-refractivity contribution >= 4 is 43.2 Å². The molecule has 2 aromatic rings. The van der Waals surface area contributed by atoms with Crippen molar-refractivity contribution in [3.05, 3.63) is 57.3 Å². The maximum atomic E-state index is 13.8. The Hall–Kier alpha value is -1.15. The van der Waals surface area contributed by atoms with Gasteiger partial charge in [-0.1, -0.05) is 29.8 Å². The lowest BCUT2D eigenvalue weighted by atomic mass is 10.2. The molecule has 0 fully saturated rings. The number of nitrogens with one attached hydrogen (secondary N) is 1. The number of nitrogens with two attached hydrogens (primary N) is 1. The summed E-state index contributed by atoms with van der Waals surface area (Å²) in [6.07, 6.45) is 0. The number of anilines is 1. The van der Waals surface area contributed by atoms with Gasteiger partial charge >= 0.3 is 0 Å². The molecule has 0 aliphatic heterocycles. The fourth-order valence-electron chi connectivity index (χ4n) is 1.64. The zero-order chi connectivity index (χ0) is 15.6. The van der Waals surface area contributed by atoms with Crippen molar-refractivity contribution in [3.8, 4) is 0 Å². The Kier molecular flexibility index (Phi) is 4.88. The van der Waals surface area contributed by atoms with Gasteiger partial charge in [0.2, 0.25) is 10.0 Å². The molecule has 0 unspecified atom stereocenters. The number of hydrogen-bond donors (Lipinski definition) is 2. The second kappa shape index (κ2) is 6.31. The third kappa shape index (κ3) is 3.74. The van der Waals surface area contributed by atoms with E-state index in [9.17, 15) is 12.8 Å². The van der Waals surface area contributed by atoms with E-state index < -0.39 is 20.7 Å². The third-order valence-corrected chi connectivity index (χ3v) is 5.22. The summed E-state index contributed by atoms with van der Waals surface area (Å²) in [6, 6.07) is 8.86. The van der Waals surface area contributed by atoms with Crippen LogP contribution >= 0.6 is 27.5 Å². The van der Waals surface area contributed by atoms with Crippen LogP contribution in [0.5, 0.6) is 0 Å². The molecule has 0 aromatic heterocycles. The highest BCUT2D eigenvalue weighted by Gasteiger charge is 2.20. The Bertz CT molecular complexity index is 784. The van der Waals surface area contributed by atoms with Gasteiger partial charge in [-0.15, -0.1) is 0 Å². The Balaban J connectivity index is 2.27. The summed E-state index contributed by atoms with van der Waals surface area (Å²) in [6.45, 7) is -0.0442. The number of hydrogen-bond acceptors (Lipinski definition) is 3. The van der Waals surface area contributed by atoms with Crippen LogP contribution in [0.2, 0.25) is 5.02 Å². The molecular formula is C13H11BrClFN2O2S. The van der Waals surface area contributed by atoms with Crippen LogP contribution in [0.1, 0.15) is 5.56 Å². The second-order valence-electron chi connectivity index (χ2n) is 4.22. The fraction of sp³-hybridized carbons (Fsp3) is 0.0769. The number of sulfonamides is 1. The lowest BCUT2D eigenvalue weighted by molar-refractivity contribution is 0.556. The molecular weight excluding hydrogens is 383 g/mol. The first-order chi connectivity index (χ1) is 9.81. The van der Waals surface area contributed by atoms with Crippen LogP contribution in [0.3, 0.4) is 0 Å². The minimum atomic E-state index is -4.03. The van der Waals surface area contributed by atoms with Crippen LogP contribution < -0.4 is 10.5 Å². The highest BCUT2D eigenvalue weighted by atomic mass is 79.9. The molecule has 0 spiro atoms. The van der Waals surface area contributed by atoms with E-state index in [-0.39, 0.29) is 12.2 Å². The summed E-state index contributed by atoms with van der Waals surface area (Å²) in [4.78, 5) is -0.504. The minimum absolute atomic E-state index is 0.0442. The Morgan fingerprint density at radius 1 is 1.29 bits per heavy atom. The molecule has 8 heteroatoms. The van der Waals surface area contributed by atoms with Crippen LogP contribution in [0, 0.1) is 5.82 Å². The van der Waals surface area contributed by atoms with Gasteiger partial charge < -0.3 is 5.73 Å². The predicted octanol–water partition coefficient (Wildman–Crippen LogP) is 3.30. The van der Waals surface area contributed by atoms with Crippen molar-refractivity contribution in [3.63, 3.8) is 0 Å². The predicted molar refractivity (Wildman–Crippen MR) is 84.0 cm³/mol. The van der Waals surface area contributed by atoms with Gasteiger partial charge in [0.1, 0.15) is 10.7 Å². The molecule has 0 aliphatic rings.